The Morgan fingerprint density at radius 3 is 2.57 bits per heavy atom. The Morgan fingerprint density at radius 2 is 2.05 bits per heavy atom. The zero-order valence-corrected chi connectivity index (χ0v) is 14.5. The van der Waals surface area contributed by atoms with Gasteiger partial charge < -0.3 is 5.73 Å². The smallest absolute Gasteiger partial charge is 0.243 e. The van der Waals surface area contributed by atoms with E-state index in [4.69, 9.17) is 5.73 Å². The molecule has 2 rings (SSSR count). The SMILES string of the molecule is CC(C)c1cccc(S(=O)(=O)N2CCC(C)(CN)C2)c1.Cl. The van der Waals surface area contributed by atoms with Crippen LogP contribution in [0.15, 0.2) is 29.2 Å². The van der Waals surface area contributed by atoms with Crippen molar-refractivity contribution in [3.63, 3.8) is 0 Å². The maximum absolute atomic E-state index is 12.7. The number of hydrogen-bond acceptors (Lipinski definition) is 3. The fourth-order valence-corrected chi connectivity index (χ4v) is 4.18. The molecule has 0 saturated carbocycles. The summed E-state index contributed by atoms with van der Waals surface area (Å²) in [5, 5.41) is 0. The number of sulfonamides is 1. The fourth-order valence-electron chi connectivity index (χ4n) is 2.53. The van der Waals surface area contributed by atoms with Gasteiger partial charge in [0.15, 0.2) is 0 Å². The summed E-state index contributed by atoms with van der Waals surface area (Å²) >= 11 is 0. The first-order chi connectivity index (χ1) is 9.28. The number of rotatable bonds is 4. The van der Waals surface area contributed by atoms with Gasteiger partial charge >= 0.3 is 0 Å². The molecule has 0 aliphatic carbocycles. The van der Waals surface area contributed by atoms with Crippen LogP contribution in [-0.4, -0.2) is 32.4 Å². The van der Waals surface area contributed by atoms with Gasteiger partial charge in [-0.2, -0.15) is 4.31 Å². The standard InChI is InChI=1S/C15H24N2O2S.ClH/c1-12(2)13-5-4-6-14(9-13)20(18,19)17-8-7-15(3,10-16)11-17;/h4-6,9,12H,7-8,10-11,16H2,1-3H3;1H. The van der Waals surface area contributed by atoms with Gasteiger partial charge in [0.2, 0.25) is 10.0 Å². The van der Waals surface area contributed by atoms with Gasteiger partial charge in [-0.15, -0.1) is 12.4 Å². The third-order valence-corrected chi connectivity index (χ3v) is 6.02. The molecule has 1 aromatic rings. The lowest BCUT2D eigenvalue weighted by atomic mass is 9.90. The van der Waals surface area contributed by atoms with E-state index in [0.29, 0.717) is 30.4 Å². The number of benzene rings is 1. The number of nitrogens with two attached hydrogens (primary N) is 1. The van der Waals surface area contributed by atoms with E-state index < -0.39 is 10.0 Å². The van der Waals surface area contributed by atoms with Crippen LogP contribution in [0.5, 0.6) is 0 Å². The predicted octanol–water partition coefficient (Wildman–Crippen LogP) is 2.59. The van der Waals surface area contributed by atoms with E-state index in [0.717, 1.165) is 12.0 Å². The molecule has 1 aliphatic heterocycles. The molecule has 1 aromatic carbocycles. The van der Waals surface area contributed by atoms with Crippen LogP contribution in [0.4, 0.5) is 0 Å². The van der Waals surface area contributed by atoms with Crippen molar-refractivity contribution in [2.24, 2.45) is 11.1 Å². The van der Waals surface area contributed by atoms with Crippen LogP contribution in [0.3, 0.4) is 0 Å². The van der Waals surface area contributed by atoms with Gasteiger partial charge in [-0.3, -0.25) is 0 Å². The molecule has 1 unspecified atom stereocenters. The zero-order chi connectivity index (χ0) is 15.0. The maximum Gasteiger partial charge on any atom is 0.243 e. The summed E-state index contributed by atoms with van der Waals surface area (Å²) in [5.74, 6) is 0.318. The molecule has 0 aromatic heterocycles. The van der Waals surface area contributed by atoms with Gasteiger partial charge in [0, 0.05) is 13.1 Å². The topological polar surface area (TPSA) is 63.4 Å². The highest BCUT2D eigenvalue weighted by molar-refractivity contribution is 7.89. The summed E-state index contributed by atoms with van der Waals surface area (Å²) in [6, 6.07) is 7.26. The van der Waals surface area contributed by atoms with Gasteiger partial charge in [0.05, 0.1) is 4.90 Å². The highest BCUT2D eigenvalue weighted by Gasteiger charge is 2.38. The second-order valence-electron chi connectivity index (χ2n) is 6.33. The Morgan fingerprint density at radius 1 is 1.38 bits per heavy atom. The molecule has 120 valence electrons. The normalized spacial score (nSPS) is 23.3. The molecule has 0 amide bonds. The lowest BCUT2D eigenvalue weighted by molar-refractivity contribution is 0.349. The Balaban J connectivity index is 0.00000220. The predicted molar refractivity (Wildman–Crippen MR) is 88.3 cm³/mol. The lowest BCUT2D eigenvalue weighted by Gasteiger charge is -2.22. The summed E-state index contributed by atoms with van der Waals surface area (Å²) in [4.78, 5) is 0.393. The minimum Gasteiger partial charge on any atom is -0.330 e. The van der Waals surface area contributed by atoms with Crippen molar-refractivity contribution in [3.05, 3.63) is 29.8 Å². The first-order valence-electron chi connectivity index (χ1n) is 7.09. The van der Waals surface area contributed by atoms with Crippen molar-refractivity contribution < 1.29 is 8.42 Å². The maximum atomic E-state index is 12.7. The van der Waals surface area contributed by atoms with Crippen molar-refractivity contribution in [3.8, 4) is 0 Å². The quantitative estimate of drug-likeness (QED) is 0.921. The summed E-state index contributed by atoms with van der Waals surface area (Å²) in [7, 11) is -3.40. The van der Waals surface area contributed by atoms with Crippen molar-refractivity contribution in [2.45, 2.75) is 38.0 Å². The minimum absolute atomic E-state index is 0. The molecule has 21 heavy (non-hydrogen) atoms. The third-order valence-electron chi connectivity index (χ3n) is 4.18. The summed E-state index contributed by atoms with van der Waals surface area (Å²) in [6.45, 7) is 7.76. The first-order valence-corrected chi connectivity index (χ1v) is 8.53. The molecule has 4 nitrogen and oxygen atoms in total. The molecule has 2 N–H and O–H groups in total. The Kier molecular flexibility index (Phi) is 5.83. The van der Waals surface area contributed by atoms with Gasteiger partial charge in [-0.05, 0) is 42.0 Å². The largest absolute Gasteiger partial charge is 0.330 e. The van der Waals surface area contributed by atoms with E-state index >= 15 is 0 Å². The van der Waals surface area contributed by atoms with E-state index in [1.807, 2.05) is 19.1 Å². The highest BCUT2D eigenvalue weighted by Crippen LogP contribution is 2.33. The van der Waals surface area contributed by atoms with E-state index in [2.05, 4.69) is 13.8 Å². The van der Waals surface area contributed by atoms with E-state index in [9.17, 15) is 8.42 Å². The number of nitrogens with zero attached hydrogens (tertiary/aromatic N) is 1. The van der Waals surface area contributed by atoms with Crippen LogP contribution < -0.4 is 5.73 Å². The summed E-state index contributed by atoms with van der Waals surface area (Å²) < 4.78 is 27.0. The zero-order valence-electron chi connectivity index (χ0n) is 12.9. The average Bonchev–Trinajstić information content (AvgIpc) is 2.83. The molecular formula is C15H25ClN2O2S. The second kappa shape index (κ2) is 6.65. The van der Waals surface area contributed by atoms with Crippen molar-refractivity contribution >= 4 is 22.4 Å². The molecule has 0 radical (unpaired) electrons. The Hall–Kier alpha value is -0.620. The van der Waals surface area contributed by atoms with Crippen LogP contribution in [0.2, 0.25) is 0 Å². The van der Waals surface area contributed by atoms with E-state index in [1.54, 1.807) is 16.4 Å². The van der Waals surface area contributed by atoms with Gasteiger partial charge in [-0.25, -0.2) is 8.42 Å². The van der Waals surface area contributed by atoms with E-state index in [-0.39, 0.29) is 17.8 Å². The number of hydrogen-bond donors (Lipinski definition) is 1. The average molecular weight is 333 g/mol. The molecule has 1 saturated heterocycles. The Bertz CT molecular complexity index is 589. The van der Waals surface area contributed by atoms with Crippen molar-refractivity contribution in [1.82, 2.24) is 4.31 Å². The van der Waals surface area contributed by atoms with Crippen LogP contribution in [0.25, 0.3) is 0 Å². The molecular weight excluding hydrogens is 308 g/mol. The van der Waals surface area contributed by atoms with Gasteiger partial charge in [0.1, 0.15) is 0 Å². The second-order valence-corrected chi connectivity index (χ2v) is 8.27. The van der Waals surface area contributed by atoms with E-state index in [1.165, 1.54) is 0 Å². The molecule has 0 bridgehead atoms. The molecule has 1 atom stereocenters. The first kappa shape index (κ1) is 18.4. The minimum atomic E-state index is -3.40. The van der Waals surface area contributed by atoms with Gasteiger partial charge in [0.25, 0.3) is 0 Å². The fraction of sp³-hybridized carbons (Fsp3) is 0.600. The molecule has 0 spiro atoms. The van der Waals surface area contributed by atoms with Crippen LogP contribution >= 0.6 is 12.4 Å². The lowest BCUT2D eigenvalue weighted by Crippen LogP contribution is -2.34. The van der Waals surface area contributed by atoms with Crippen LogP contribution in [0, 0.1) is 5.41 Å². The molecule has 1 heterocycles. The summed E-state index contributed by atoms with van der Waals surface area (Å²) in [6.07, 6.45) is 0.826. The monoisotopic (exact) mass is 332 g/mol. The molecule has 6 heteroatoms. The summed E-state index contributed by atoms with van der Waals surface area (Å²) in [5.41, 5.74) is 6.71. The van der Waals surface area contributed by atoms with Crippen LogP contribution in [0.1, 0.15) is 38.7 Å². The van der Waals surface area contributed by atoms with Crippen molar-refractivity contribution in [1.29, 1.82) is 0 Å². The Labute approximate surface area is 134 Å². The van der Waals surface area contributed by atoms with Crippen molar-refractivity contribution in [2.75, 3.05) is 19.6 Å². The van der Waals surface area contributed by atoms with Crippen LogP contribution in [-0.2, 0) is 10.0 Å². The molecule has 1 aliphatic rings. The highest BCUT2D eigenvalue weighted by atomic mass is 35.5. The number of halogens is 1. The van der Waals surface area contributed by atoms with Gasteiger partial charge in [-0.1, -0.05) is 32.9 Å². The third kappa shape index (κ3) is 3.77. The molecule has 1 fully saturated rings.